The molecule has 0 N–H and O–H groups in total. The van der Waals surface area contributed by atoms with Crippen LogP contribution in [0.3, 0.4) is 0 Å². The zero-order valence-electron chi connectivity index (χ0n) is 20.9. The lowest BCUT2D eigenvalue weighted by Gasteiger charge is -2.24. The fourth-order valence-electron chi connectivity index (χ4n) is 4.48. The van der Waals surface area contributed by atoms with E-state index in [2.05, 4.69) is 71.0 Å². The molecule has 0 aliphatic heterocycles. The molecule has 0 saturated heterocycles. The van der Waals surface area contributed by atoms with E-state index in [-0.39, 0.29) is 11.9 Å². The molecular weight excluding hydrogens is 454 g/mol. The Kier molecular flexibility index (Phi) is 8.21. The van der Waals surface area contributed by atoms with Gasteiger partial charge in [0, 0.05) is 11.9 Å². The number of carbonyl (C=O) groups excluding carboxylic acids is 1. The average Bonchev–Trinajstić information content (AvgIpc) is 3.26. The highest BCUT2D eigenvalue weighted by atomic mass is 32.2. The number of rotatable bonds is 10. The number of hydrogen-bond donors (Lipinski definition) is 0. The summed E-state index contributed by atoms with van der Waals surface area (Å²) in [6.07, 6.45) is 0.925. The molecule has 1 heterocycles. The van der Waals surface area contributed by atoms with E-state index in [1.165, 1.54) is 17.3 Å². The number of amides is 1. The van der Waals surface area contributed by atoms with E-state index in [4.69, 9.17) is 0 Å². The molecule has 0 radical (unpaired) electrons. The minimum atomic E-state index is 0.0596. The molecule has 1 atom stereocenters. The summed E-state index contributed by atoms with van der Waals surface area (Å²) in [4.78, 5) is 17.4. The lowest BCUT2D eigenvalue weighted by Crippen LogP contribution is -2.32. The summed E-state index contributed by atoms with van der Waals surface area (Å²) >= 11 is 1.46. The molecule has 4 rings (SSSR count). The molecule has 0 saturated carbocycles. The van der Waals surface area contributed by atoms with Gasteiger partial charge in [0.1, 0.15) is 0 Å². The summed E-state index contributed by atoms with van der Waals surface area (Å²) in [5.74, 6) is 1.28. The molecular formula is C28H33N5OS. The Bertz CT molecular complexity index is 1270. The van der Waals surface area contributed by atoms with Crippen molar-refractivity contribution in [2.45, 2.75) is 38.0 Å². The summed E-state index contributed by atoms with van der Waals surface area (Å²) in [6, 6.07) is 24.8. The quantitative estimate of drug-likeness (QED) is 0.271. The Morgan fingerprint density at radius 3 is 2.37 bits per heavy atom. The van der Waals surface area contributed by atoms with Crippen molar-refractivity contribution in [2.24, 2.45) is 0 Å². The lowest BCUT2D eigenvalue weighted by atomic mass is 10.1. The van der Waals surface area contributed by atoms with Gasteiger partial charge in [-0.05, 0) is 44.5 Å². The van der Waals surface area contributed by atoms with Gasteiger partial charge in [-0.15, -0.1) is 10.2 Å². The first-order valence-corrected chi connectivity index (χ1v) is 13.1. The fraction of sp³-hybridized carbons (Fsp3) is 0.321. The molecule has 1 aromatic heterocycles. The summed E-state index contributed by atoms with van der Waals surface area (Å²) in [5, 5.41) is 12.1. The topological polar surface area (TPSA) is 54.3 Å². The number of benzene rings is 3. The van der Waals surface area contributed by atoms with Crippen LogP contribution in [-0.2, 0) is 11.3 Å². The predicted octanol–water partition coefficient (Wildman–Crippen LogP) is 5.64. The molecule has 1 amide bonds. The Morgan fingerprint density at radius 2 is 1.66 bits per heavy atom. The number of thioether (sulfide) groups is 1. The van der Waals surface area contributed by atoms with Crippen molar-refractivity contribution in [3.8, 4) is 0 Å². The third-order valence-corrected chi connectivity index (χ3v) is 7.19. The summed E-state index contributed by atoms with van der Waals surface area (Å²) < 4.78 is 2.16. The second-order valence-corrected chi connectivity index (χ2v) is 9.67. The first-order chi connectivity index (χ1) is 17.0. The highest BCUT2D eigenvalue weighted by Crippen LogP contribution is 2.29. The Labute approximate surface area is 212 Å². The lowest BCUT2D eigenvalue weighted by molar-refractivity contribution is -0.116. The molecule has 182 valence electrons. The summed E-state index contributed by atoms with van der Waals surface area (Å²) in [5.41, 5.74) is 2.13. The van der Waals surface area contributed by atoms with E-state index in [9.17, 15) is 4.79 Å². The first-order valence-electron chi connectivity index (χ1n) is 12.1. The second kappa shape index (κ2) is 11.5. The van der Waals surface area contributed by atoms with Gasteiger partial charge in [-0.1, -0.05) is 85.4 Å². The van der Waals surface area contributed by atoms with Crippen LogP contribution in [-0.4, -0.2) is 52.0 Å². The number of fused-ring (bicyclic) bond motifs is 1. The maximum atomic E-state index is 13.4. The van der Waals surface area contributed by atoms with Gasteiger partial charge in [0.25, 0.3) is 0 Å². The van der Waals surface area contributed by atoms with E-state index in [0.717, 1.165) is 33.9 Å². The van der Waals surface area contributed by atoms with Crippen LogP contribution in [0.5, 0.6) is 0 Å². The van der Waals surface area contributed by atoms with Gasteiger partial charge in [0.2, 0.25) is 5.91 Å². The molecule has 0 bridgehead atoms. The third kappa shape index (κ3) is 5.57. The van der Waals surface area contributed by atoms with Crippen LogP contribution in [0.4, 0.5) is 5.69 Å². The van der Waals surface area contributed by atoms with Gasteiger partial charge in [0.05, 0.1) is 24.0 Å². The number of hydrogen-bond acceptors (Lipinski definition) is 5. The Balaban J connectivity index is 1.59. The Morgan fingerprint density at radius 1 is 0.943 bits per heavy atom. The molecule has 0 fully saturated rings. The van der Waals surface area contributed by atoms with E-state index in [1.807, 2.05) is 54.3 Å². The molecule has 4 aromatic rings. The highest BCUT2D eigenvalue weighted by Gasteiger charge is 2.24. The predicted molar refractivity (Wildman–Crippen MR) is 145 cm³/mol. The van der Waals surface area contributed by atoms with E-state index < -0.39 is 0 Å². The molecule has 6 nitrogen and oxygen atoms in total. The SMILES string of the molecule is CC[C@H](c1nnc(SCC(=O)N(CC)c2cccc3ccccc23)n1Cc1ccccc1)N(C)C. The van der Waals surface area contributed by atoms with Crippen molar-refractivity contribution in [3.63, 3.8) is 0 Å². The van der Waals surface area contributed by atoms with E-state index in [1.54, 1.807) is 0 Å². The van der Waals surface area contributed by atoms with Crippen molar-refractivity contribution in [1.29, 1.82) is 0 Å². The normalized spacial score (nSPS) is 12.3. The minimum Gasteiger partial charge on any atom is -0.311 e. The molecule has 3 aromatic carbocycles. The zero-order valence-corrected chi connectivity index (χ0v) is 21.7. The van der Waals surface area contributed by atoms with Crippen LogP contribution in [0.25, 0.3) is 10.8 Å². The maximum absolute atomic E-state index is 13.4. The smallest absolute Gasteiger partial charge is 0.237 e. The van der Waals surface area contributed by atoms with Crippen molar-refractivity contribution >= 4 is 34.1 Å². The Hall–Kier alpha value is -3.16. The van der Waals surface area contributed by atoms with Crippen LogP contribution in [0, 0.1) is 0 Å². The highest BCUT2D eigenvalue weighted by molar-refractivity contribution is 7.99. The van der Waals surface area contributed by atoms with Gasteiger partial charge < -0.3 is 9.47 Å². The van der Waals surface area contributed by atoms with Crippen molar-refractivity contribution in [1.82, 2.24) is 19.7 Å². The standard InChI is InChI=1S/C28H33N5OS/c1-5-24(31(3)4)27-29-30-28(33(27)19-21-13-8-7-9-14-21)35-20-26(34)32(6-2)25-18-12-16-22-15-10-11-17-23(22)25/h7-18,24H,5-6,19-20H2,1-4H3/t24-/m1/s1. The number of nitrogens with zero attached hydrogens (tertiary/aromatic N) is 5. The van der Waals surface area contributed by atoms with Gasteiger partial charge in [-0.25, -0.2) is 0 Å². The largest absolute Gasteiger partial charge is 0.311 e. The average molecular weight is 488 g/mol. The van der Waals surface area contributed by atoms with Gasteiger partial charge in [-0.3, -0.25) is 9.69 Å². The zero-order chi connectivity index (χ0) is 24.8. The second-order valence-electron chi connectivity index (χ2n) is 8.73. The van der Waals surface area contributed by atoms with E-state index >= 15 is 0 Å². The third-order valence-electron chi connectivity index (χ3n) is 6.24. The number of carbonyl (C=O) groups is 1. The van der Waals surface area contributed by atoms with Crippen molar-refractivity contribution < 1.29 is 4.79 Å². The van der Waals surface area contributed by atoms with Crippen molar-refractivity contribution in [2.75, 3.05) is 31.3 Å². The van der Waals surface area contributed by atoms with Gasteiger partial charge >= 0.3 is 0 Å². The molecule has 0 spiro atoms. The minimum absolute atomic E-state index is 0.0596. The van der Waals surface area contributed by atoms with Crippen LogP contribution >= 0.6 is 11.8 Å². The monoisotopic (exact) mass is 487 g/mol. The molecule has 7 heteroatoms. The number of anilines is 1. The van der Waals surface area contributed by atoms with Gasteiger partial charge in [0.15, 0.2) is 11.0 Å². The van der Waals surface area contributed by atoms with Crippen LogP contribution in [0.1, 0.15) is 37.7 Å². The summed E-state index contributed by atoms with van der Waals surface area (Å²) in [6.45, 7) is 5.45. The molecule has 35 heavy (non-hydrogen) atoms. The van der Waals surface area contributed by atoms with Crippen LogP contribution in [0.2, 0.25) is 0 Å². The molecule has 0 aliphatic carbocycles. The van der Waals surface area contributed by atoms with E-state index in [0.29, 0.717) is 18.8 Å². The maximum Gasteiger partial charge on any atom is 0.237 e. The molecule has 0 unspecified atom stereocenters. The van der Waals surface area contributed by atoms with Crippen molar-refractivity contribution in [3.05, 3.63) is 84.2 Å². The van der Waals surface area contributed by atoms with Gasteiger partial charge in [-0.2, -0.15) is 0 Å². The summed E-state index contributed by atoms with van der Waals surface area (Å²) in [7, 11) is 4.13. The fourth-order valence-corrected chi connectivity index (χ4v) is 5.30. The van der Waals surface area contributed by atoms with Crippen LogP contribution < -0.4 is 4.90 Å². The molecule has 0 aliphatic rings. The van der Waals surface area contributed by atoms with Crippen LogP contribution in [0.15, 0.2) is 78.0 Å². The number of aromatic nitrogens is 3. The first kappa shape index (κ1) is 24.9.